The minimum absolute atomic E-state index is 0.00411. The summed E-state index contributed by atoms with van der Waals surface area (Å²) < 4.78 is 0. The van der Waals surface area contributed by atoms with E-state index in [1.165, 1.54) is 0 Å². The molecule has 0 spiro atoms. The van der Waals surface area contributed by atoms with Crippen LogP contribution in [0.4, 0.5) is 0 Å². The predicted octanol–water partition coefficient (Wildman–Crippen LogP) is 2.08. The molecule has 0 radical (unpaired) electrons. The van der Waals surface area contributed by atoms with Gasteiger partial charge in [0.2, 0.25) is 5.91 Å². The lowest BCUT2D eigenvalue weighted by Gasteiger charge is -2.33. The number of likely N-dealkylation sites (tertiary alicyclic amines) is 2. The fraction of sp³-hybridized carbons (Fsp3) is 0.875. The number of Topliss-reactive ketones (excluding diaryl/α,β-unsaturated/α-hetero) is 1. The molecule has 2 heterocycles. The monoisotopic (exact) mass is 280 g/mol. The molecule has 0 aromatic rings. The Morgan fingerprint density at radius 1 is 0.950 bits per heavy atom. The smallest absolute Gasteiger partial charge is 0.240 e. The van der Waals surface area contributed by atoms with E-state index in [1.54, 1.807) is 0 Å². The van der Waals surface area contributed by atoms with Crippen LogP contribution in [0.5, 0.6) is 0 Å². The van der Waals surface area contributed by atoms with Crippen LogP contribution in [0.1, 0.15) is 53.4 Å². The summed E-state index contributed by atoms with van der Waals surface area (Å²) in [6, 6.07) is 0.223. The molecule has 4 heteroatoms. The molecule has 2 aliphatic rings. The zero-order valence-corrected chi connectivity index (χ0v) is 13.3. The summed E-state index contributed by atoms with van der Waals surface area (Å²) in [6.45, 7) is 9.91. The maximum Gasteiger partial charge on any atom is 0.240 e. The number of nitrogens with zero attached hydrogens (tertiary/aromatic N) is 2. The van der Waals surface area contributed by atoms with Crippen molar-refractivity contribution in [3.8, 4) is 0 Å². The molecule has 2 rings (SSSR count). The Bertz CT molecular complexity index is 379. The van der Waals surface area contributed by atoms with Crippen molar-refractivity contribution in [3.05, 3.63) is 0 Å². The fourth-order valence-electron chi connectivity index (χ4n) is 3.57. The van der Waals surface area contributed by atoms with Crippen LogP contribution in [-0.2, 0) is 9.59 Å². The molecule has 1 amide bonds. The van der Waals surface area contributed by atoms with Gasteiger partial charge in [-0.2, -0.15) is 0 Å². The Balaban J connectivity index is 2.09. The largest absolute Gasteiger partial charge is 0.331 e. The van der Waals surface area contributed by atoms with Gasteiger partial charge in [-0.05, 0) is 46.1 Å². The van der Waals surface area contributed by atoms with Crippen molar-refractivity contribution in [2.24, 2.45) is 5.92 Å². The third-order valence-corrected chi connectivity index (χ3v) is 4.68. The number of hydrogen-bond donors (Lipinski definition) is 0. The lowest BCUT2D eigenvalue weighted by Crippen LogP contribution is -2.51. The average Bonchev–Trinajstić information content (AvgIpc) is 3.05. The first-order valence-corrected chi connectivity index (χ1v) is 8.03. The highest BCUT2D eigenvalue weighted by Crippen LogP contribution is 2.27. The van der Waals surface area contributed by atoms with E-state index in [1.807, 2.05) is 18.7 Å². The van der Waals surface area contributed by atoms with Crippen LogP contribution >= 0.6 is 0 Å². The van der Waals surface area contributed by atoms with E-state index in [4.69, 9.17) is 0 Å². The normalized spacial score (nSPS) is 27.8. The van der Waals surface area contributed by atoms with Gasteiger partial charge in [0, 0.05) is 18.5 Å². The molecule has 0 bridgehead atoms. The summed E-state index contributed by atoms with van der Waals surface area (Å²) in [5, 5.41) is 0. The van der Waals surface area contributed by atoms with Crippen molar-refractivity contribution in [2.45, 2.75) is 71.5 Å². The van der Waals surface area contributed by atoms with Crippen LogP contribution in [-0.4, -0.2) is 52.7 Å². The number of amides is 1. The van der Waals surface area contributed by atoms with Gasteiger partial charge in [-0.25, -0.2) is 0 Å². The van der Waals surface area contributed by atoms with Gasteiger partial charge < -0.3 is 4.90 Å². The van der Waals surface area contributed by atoms with E-state index >= 15 is 0 Å². The van der Waals surface area contributed by atoms with Gasteiger partial charge in [-0.3, -0.25) is 14.5 Å². The third kappa shape index (κ3) is 2.90. The van der Waals surface area contributed by atoms with E-state index in [0.29, 0.717) is 6.04 Å². The van der Waals surface area contributed by atoms with Crippen molar-refractivity contribution in [3.63, 3.8) is 0 Å². The standard InChI is InChI=1S/C16H28N2O2/c1-11(2)15(19)13-7-5-10-18(13)16(20)14-8-6-9-17(14)12(3)4/h11-14H,5-10H2,1-4H3/t13-,14+/m0/s1. The first-order valence-electron chi connectivity index (χ1n) is 8.03. The summed E-state index contributed by atoms with van der Waals surface area (Å²) in [5.74, 6) is 0.427. The number of rotatable bonds is 4. The van der Waals surface area contributed by atoms with Gasteiger partial charge in [-0.15, -0.1) is 0 Å². The molecule has 0 aliphatic carbocycles. The number of hydrogen-bond acceptors (Lipinski definition) is 3. The molecule has 2 fully saturated rings. The lowest BCUT2D eigenvalue weighted by molar-refractivity contribution is -0.142. The van der Waals surface area contributed by atoms with Crippen molar-refractivity contribution < 1.29 is 9.59 Å². The molecule has 2 aliphatic heterocycles. The summed E-state index contributed by atoms with van der Waals surface area (Å²) in [7, 11) is 0. The maximum absolute atomic E-state index is 12.8. The van der Waals surface area contributed by atoms with E-state index in [-0.39, 0.29) is 29.7 Å². The summed E-state index contributed by atoms with van der Waals surface area (Å²) in [6.07, 6.45) is 3.84. The van der Waals surface area contributed by atoms with Crippen molar-refractivity contribution >= 4 is 11.7 Å². The fourth-order valence-corrected chi connectivity index (χ4v) is 3.57. The van der Waals surface area contributed by atoms with Crippen molar-refractivity contribution in [2.75, 3.05) is 13.1 Å². The van der Waals surface area contributed by atoms with Gasteiger partial charge in [0.1, 0.15) is 0 Å². The van der Waals surface area contributed by atoms with E-state index in [2.05, 4.69) is 18.7 Å². The number of carbonyl (C=O) groups is 2. The van der Waals surface area contributed by atoms with Gasteiger partial charge >= 0.3 is 0 Å². The third-order valence-electron chi connectivity index (χ3n) is 4.68. The van der Waals surface area contributed by atoms with Gasteiger partial charge in [0.05, 0.1) is 12.1 Å². The Morgan fingerprint density at radius 3 is 2.15 bits per heavy atom. The van der Waals surface area contributed by atoms with Crippen LogP contribution < -0.4 is 0 Å². The van der Waals surface area contributed by atoms with E-state index in [0.717, 1.165) is 38.8 Å². The molecular weight excluding hydrogens is 252 g/mol. The highest BCUT2D eigenvalue weighted by molar-refractivity contribution is 5.92. The molecule has 0 saturated carbocycles. The van der Waals surface area contributed by atoms with Crippen LogP contribution in [0.3, 0.4) is 0 Å². The molecule has 20 heavy (non-hydrogen) atoms. The second kappa shape index (κ2) is 6.25. The average molecular weight is 280 g/mol. The molecule has 4 nitrogen and oxygen atoms in total. The minimum Gasteiger partial charge on any atom is -0.331 e. The molecule has 0 unspecified atom stereocenters. The molecular formula is C16H28N2O2. The molecule has 0 aromatic carbocycles. The van der Waals surface area contributed by atoms with Crippen LogP contribution in [0.25, 0.3) is 0 Å². The summed E-state index contributed by atoms with van der Waals surface area (Å²) in [5.41, 5.74) is 0. The Kier molecular flexibility index (Phi) is 4.84. The summed E-state index contributed by atoms with van der Waals surface area (Å²) in [4.78, 5) is 29.3. The lowest BCUT2D eigenvalue weighted by atomic mass is 9.99. The highest BCUT2D eigenvalue weighted by Gasteiger charge is 2.41. The van der Waals surface area contributed by atoms with Crippen LogP contribution in [0, 0.1) is 5.92 Å². The Labute approximate surface area is 122 Å². The first-order chi connectivity index (χ1) is 9.43. The van der Waals surface area contributed by atoms with Crippen molar-refractivity contribution in [1.29, 1.82) is 0 Å². The number of carbonyl (C=O) groups excluding carboxylic acids is 2. The topological polar surface area (TPSA) is 40.6 Å². The predicted molar refractivity (Wildman–Crippen MR) is 79.4 cm³/mol. The molecule has 2 saturated heterocycles. The van der Waals surface area contributed by atoms with Crippen molar-refractivity contribution in [1.82, 2.24) is 9.80 Å². The second-order valence-electron chi connectivity index (χ2n) is 6.74. The van der Waals surface area contributed by atoms with Gasteiger partial charge in [0.25, 0.3) is 0 Å². The molecule has 0 aromatic heterocycles. The maximum atomic E-state index is 12.8. The molecule has 2 atom stereocenters. The zero-order chi connectivity index (χ0) is 14.9. The summed E-state index contributed by atoms with van der Waals surface area (Å²) >= 11 is 0. The van der Waals surface area contributed by atoms with E-state index in [9.17, 15) is 9.59 Å². The first kappa shape index (κ1) is 15.5. The molecule has 0 N–H and O–H groups in total. The van der Waals surface area contributed by atoms with Crippen LogP contribution in [0.2, 0.25) is 0 Å². The van der Waals surface area contributed by atoms with E-state index < -0.39 is 0 Å². The highest BCUT2D eigenvalue weighted by atomic mass is 16.2. The Hall–Kier alpha value is -0.900. The SMILES string of the molecule is CC(C)C(=O)[C@@H]1CCCN1C(=O)[C@H]1CCCN1C(C)C. The zero-order valence-electron chi connectivity index (χ0n) is 13.3. The molecule has 114 valence electrons. The quantitative estimate of drug-likeness (QED) is 0.791. The minimum atomic E-state index is -0.169. The second-order valence-corrected chi connectivity index (χ2v) is 6.74. The van der Waals surface area contributed by atoms with Gasteiger partial charge in [-0.1, -0.05) is 13.8 Å². The van der Waals surface area contributed by atoms with Gasteiger partial charge in [0.15, 0.2) is 5.78 Å². The number of ketones is 1. The van der Waals surface area contributed by atoms with Crippen LogP contribution in [0.15, 0.2) is 0 Å². The Morgan fingerprint density at radius 2 is 1.55 bits per heavy atom.